The number of hydrogen-bond donors (Lipinski definition) is 0. The van der Waals surface area contributed by atoms with Crippen LogP contribution in [0, 0.1) is 0 Å². The summed E-state index contributed by atoms with van der Waals surface area (Å²) >= 11 is 1.85. The second-order valence-corrected chi connectivity index (χ2v) is 11.6. The van der Waals surface area contributed by atoms with Crippen LogP contribution >= 0.6 is 11.3 Å². The van der Waals surface area contributed by atoms with Crippen LogP contribution in [0.2, 0.25) is 0 Å². The van der Waals surface area contributed by atoms with Crippen molar-refractivity contribution in [2.75, 3.05) is 0 Å². The molecule has 9 aromatic rings. The molecule has 42 heavy (non-hydrogen) atoms. The number of benzene rings is 4. The van der Waals surface area contributed by atoms with E-state index in [1.165, 1.54) is 47.2 Å². The van der Waals surface area contributed by atoms with Gasteiger partial charge in [-0.15, -0.1) is 11.3 Å². The Kier molecular flexibility index (Phi) is 5.03. The summed E-state index contributed by atoms with van der Waals surface area (Å²) in [5, 5.41) is 7.55. The van der Waals surface area contributed by atoms with E-state index in [9.17, 15) is 0 Å². The van der Waals surface area contributed by atoms with Crippen molar-refractivity contribution < 1.29 is 0 Å². The van der Waals surface area contributed by atoms with Crippen LogP contribution < -0.4 is 0 Å². The quantitative estimate of drug-likeness (QED) is 0.218. The molecule has 0 fully saturated rings. The maximum Gasteiger partial charge on any atom is 0.0915 e. The van der Waals surface area contributed by atoms with Crippen molar-refractivity contribution in [2.45, 2.75) is 0 Å². The van der Waals surface area contributed by atoms with E-state index in [1.807, 2.05) is 60.1 Å². The molecular weight excluding hydrogens is 533 g/mol. The highest BCUT2D eigenvalue weighted by molar-refractivity contribution is 7.26. The number of hydrogen-bond acceptors (Lipinski definition) is 4. The Hall–Kier alpha value is -5.39. The topological polar surface area (TPSA) is 43.6 Å². The molecule has 196 valence electrons. The lowest BCUT2D eigenvalue weighted by Gasteiger charge is -2.13. The second kappa shape index (κ2) is 9.06. The minimum Gasteiger partial charge on any atom is -0.308 e. The van der Waals surface area contributed by atoms with Gasteiger partial charge in [-0.05, 0) is 65.4 Å². The highest BCUT2D eigenvalue weighted by Gasteiger charge is 2.21. The van der Waals surface area contributed by atoms with Gasteiger partial charge in [0.05, 0.1) is 39.5 Å². The molecule has 0 aliphatic carbocycles. The van der Waals surface area contributed by atoms with Gasteiger partial charge in [0.15, 0.2) is 0 Å². The molecule has 5 aromatic heterocycles. The Labute approximate surface area is 245 Å². The Morgan fingerprint density at radius 1 is 0.500 bits per heavy atom. The van der Waals surface area contributed by atoms with Crippen molar-refractivity contribution in [2.24, 2.45) is 0 Å². The van der Waals surface area contributed by atoms with Gasteiger partial charge in [0, 0.05) is 43.3 Å². The third kappa shape index (κ3) is 3.44. The molecule has 0 N–H and O–H groups in total. The van der Waals surface area contributed by atoms with Crippen molar-refractivity contribution >= 4 is 64.1 Å². The maximum absolute atomic E-state index is 5.06. The molecule has 0 amide bonds. The molecule has 4 aromatic carbocycles. The third-order valence-electron chi connectivity index (χ3n) is 8.08. The molecule has 0 atom stereocenters. The first-order chi connectivity index (χ1) is 20.8. The van der Waals surface area contributed by atoms with Crippen molar-refractivity contribution in [1.82, 2.24) is 19.5 Å². The third-order valence-corrected chi connectivity index (χ3v) is 9.22. The lowest BCUT2D eigenvalue weighted by atomic mass is 10.0. The van der Waals surface area contributed by atoms with E-state index in [1.54, 1.807) is 0 Å². The maximum atomic E-state index is 5.06. The van der Waals surface area contributed by atoms with Crippen molar-refractivity contribution in [3.63, 3.8) is 0 Å². The number of thiophene rings is 1. The SMILES string of the molecule is c1ccc(-c2cc(-n3c4ccc5ccccc5c4c4ccc5sc6ccccc6c5c43)cc(-c3ccccn3)n2)nc1. The molecule has 5 heterocycles. The smallest absolute Gasteiger partial charge is 0.0915 e. The molecule has 0 spiro atoms. The monoisotopic (exact) mass is 554 g/mol. The number of nitrogens with zero attached hydrogens (tertiary/aromatic N) is 4. The average molecular weight is 555 g/mol. The Balaban J connectivity index is 1.49. The minimum atomic E-state index is 0.812. The fourth-order valence-electron chi connectivity index (χ4n) is 6.29. The molecule has 4 nitrogen and oxygen atoms in total. The van der Waals surface area contributed by atoms with E-state index in [-0.39, 0.29) is 0 Å². The fourth-order valence-corrected chi connectivity index (χ4v) is 7.40. The normalized spacial score (nSPS) is 11.8. The fraction of sp³-hybridized carbons (Fsp3) is 0. The van der Waals surface area contributed by atoms with E-state index < -0.39 is 0 Å². The summed E-state index contributed by atoms with van der Waals surface area (Å²) in [4.78, 5) is 14.4. The van der Waals surface area contributed by atoms with Crippen LogP contribution in [0.5, 0.6) is 0 Å². The van der Waals surface area contributed by atoms with Gasteiger partial charge in [0.1, 0.15) is 0 Å². The van der Waals surface area contributed by atoms with Crippen molar-refractivity contribution in [1.29, 1.82) is 0 Å². The van der Waals surface area contributed by atoms with Crippen LogP contribution in [0.15, 0.2) is 134 Å². The lowest BCUT2D eigenvalue weighted by molar-refractivity contribution is 1.15. The zero-order chi connectivity index (χ0) is 27.6. The number of pyridine rings is 3. The molecule has 0 aliphatic rings. The van der Waals surface area contributed by atoms with Crippen LogP contribution in [0.1, 0.15) is 0 Å². The Bertz CT molecular complexity index is 2390. The molecular formula is C37H22N4S. The summed E-state index contributed by atoms with van der Waals surface area (Å²) < 4.78 is 5.00. The van der Waals surface area contributed by atoms with Crippen LogP contribution in [-0.2, 0) is 0 Å². The highest BCUT2D eigenvalue weighted by atomic mass is 32.1. The first-order valence-electron chi connectivity index (χ1n) is 13.9. The zero-order valence-electron chi connectivity index (χ0n) is 22.4. The lowest BCUT2D eigenvalue weighted by Crippen LogP contribution is -1.99. The first kappa shape index (κ1) is 23.3. The van der Waals surface area contributed by atoms with Crippen molar-refractivity contribution in [3.05, 3.63) is 134 Å². The van der Waals surface area contributed by atoms with Gasteiger partial charge in [0.25, 0.3) is 0 Å². The summed E-state index contributed by atoms with van der Waals surface area (Å²) in [6.07, 6.45) is 3.63. The molecule has 0 saturated carbocycles. The summed E-state index contributed by atoms with van der Waals surface area (Å²) in [5.74, 6) is 0. The molecule has 0 unspecified atom stereocenters. The highest BCUT2D eigenvalue weighted by Crippen LogP contribution is 2.45. The van der Waals surface area contributed by atoms with Crippen LogP contribution in [0.25, 0.3) is 81.2 Å². The molecule has 0 aliphatic heterocycles. The standard InChI is InChI=1S/C37H22N4S/c1-2-10-25-23(9-1)15-17-32-35(25)27-16-18-34-36(26-11-3-4-14-33(26)42-34)37(27)41(32)24-21-30(28-12-5-7-19-38-28)40-31(22-24)29-13-6-8-20-39-29/h1-22H. The molecule has 5 heteroatoms. The predicted octanol–water partition coefficient (Wildman–Crippen LogP) is 9.82. The van der Waals surface area contributed by atoms with Crippen LogP contribution in [0.3, 0.4) is 0 Å². The van der Waals surface area contributed by atoms with E-state index >= 15 is 0 Å². The van der Waals surface area contributed by atoms with E-state index in [0.717, 1.165) is 34.0 Å². The Morgan fingerprint density at radius 2 is 1.19 bits per heavy atom. The summed E-state index contributed by atoms with van der Waals surface area (Å²) in [5.41, 5.74) is 6.68. The molecule has 0 bridgehead atoms. The number of rotatable bonds is 3. The molecule has 9 rings (SSSR count). The van der Waals surface area contributed by atoms with Gasteiger partial charge in [-0.1, -0.05) is 66.7 Å². The Morgan fingerprint density at radius 3 is 1.93 bits per heavy atom. The largest absolute Gasteiger partial charge is 0.308 e. The van der Waals surface area contributed by atoms with Crippen LogP contribution in [-0.4, -0.2) is 19.5 Å². The summed E-state index contributed by atoms with van der Waals surface area (Å²) in [6, 6.07) is 42.7. The van der Waals surface area contributed by atoms with Gasteiger partial charge in [-0.3, -0.25) is 9.97 Å². The van der Waals surface area contributed by atoms with Gasteiger partial charge in [0.2, 0.25) is 0 Å². The van der Waals surface area contributed by atoms with E-state index in [4.69, 9.17) is 4.98 Å². The van der Waals surface area contributed by atoms with Gasteiger partial charge < -0.3 is 4.57 Å². The molecule has 0 saturated heterocycles. The van der Waals surface area contributed by atoms with Gasteiger partial charge >= 0.3 is 0 Å². The first-order valence-corrected chi connectivity index (χ1v) is 14.8. The summed E-state index contributed by atoms with van der Waals surface area (Å²) in [7, 11) is 0. The minimum absolute atomic E-state index is 0.812. The van der Waals surface area contributed by atoms with E-state index in [0.29, 0.717) is 0 Å². The zero-order valence-corrected chi connectivity index (χ0v) is 23.2. The van der Waals surface area contributed by atoms with Crippen LogP contribution in [0.4, 0.5) is 0 Å². The van der Waals surface area contributed by atoms with Gasteiger partial charge in [-0.25, -0.2) is 4.98 Å². The predicted molar refractivity (Wildman–Crippen MR) is 175 cm³/mol. The molecule has 0 radical (unpaired) electrons. The van der Waals surface area contributed by atoms with E-state index in [2.05, 4.69) is 99.5 Å². The number of fused-ring (bicyclic) bond motifs is 9. The number of aromatic nitrogens is 4. The second-order valence-electron chi connectivity index (χ2n) is 10.5. The van der Waals surface area contributed by atoms with Gasteiger partial charge in [-0.2, -0.15) is 0 Å². The average Bonchev–Trinajstić information content (AvgIpc) is 3.61. The van der Waals surface area contributed by atoms with Crippen molar-refractivity contribution in [3.8, 4) is 28.5 Å². The summed E-state index contributed by atoms with van der Waals surface area (Å²) in [6.45, 7) is 0.